The fraction of sp³-hybridized carbons (Fsp3) is 0.700. The number of nitrogens with zero attached hydrogens (tertiary/aromatic N) is 6. The Morgan fingerprint density at radius 2 is 1.86 bits per heavy atom. The number of carbonyl (C=O) groups excluding carboxylic acids is 1. The van der Waals surface area contributed by atoms with E-state index in [1.807, 2.05) is 13.0 Å². The summed E-state index contributed by atoms with van der Waals surface area (Å²) < 4.78 is 1.79. The standard InChI is InChI=1S/C20H29N7O/c1-13-9-17(27-20(24-13)22-12-23-27)25-5-7-26(8-6-25)19(28)16-10-14-3-2-4-15(11-16)18(14)21/h9,12,14-16,18H,2-8,10-11,21H2,1H3. The van der Waals surface area contributed by atoms with E-state index in [4.69, 9.17) is 5.73 Å². The lowest BCUT2D eigenvalue weighted by Gasteiger charge is -2.45. The van der Waals surface area contributed by atoms with Gasteiger partial charge in [-0.15, -0.1) is 0 Å². The highest BCUT2D eigenvalue weighted by atomic mass is 16.2. The van der Waals surface area contributed by atoms with Crippen LogP contribution in [-0.2, 0) is 4.79 Å². The van der Waals surface area contributed by atoms with Gasteiger partial charge in [0.1, 0.15) is 12.1 Å². The molecular weight excluding hydrogens is 354 g/mol. The maximum Gasteiger partial charge on any atom is 0.254 e. The van der Waals surface area contributed by atoms with Gasteiger partial charge in [0.05, 0.1) is 0 Å². The number of aryl methyl sites for hydroxylation is 1. The van der Waals surface area contributed by atoms with Crippen LogP contribution in [0.15, 0.2) is 12.4 Å². The van der Waals surface area contributed by atoms with Crippen molar-refractivity contribution in [3.8, 4) is 0 Å². The van der Waals surface area contributed by atoms with Gasteiger partial charge in [0.25, 0.3) is 5.78 Å². The molecule has 5 rings (SSSR count). The zero-order valence-electron chi connectivity index (χ0n) is 16.5. The average Bonchev–Trinajstić information content (AvgIpc) is 3.15. The van der Waals surface area contributed by atoms with Gasteiger partial charge in [-0.25, -0.2) is 4.98 Å². The third kappa shape index (κ3) is 3.03. The van der Waals surface area contributed by atoms with Gasteiger partial charge in [0.2, 0.25) is 5.91 Å². The number of nitrogens with two attached hydrogens (primary N) is 1. The molecule has 2 unspecified atom stereocenters. The van der Waals surface area contributed by atoms with Crippen LogP contribution in [0.4, 0.5) is 5.82 Å². The second kappa shape index (κ2) is 6.99. The Kier molecular flexibility index (Phi) is 4.45. The summed E-state index contributed by atoms with van der Waals surface area (Å²) in [5, 5.41) is 4.31. The molecular formula is C20H29N7O. The Bertz CT molecular complexity index is 859. The molecule has 3 aliphatic rings. The summed E-state index contributed by atoms with van der Waals surface area (Å²) in [6.45, 7) is 5.11. The van der Waals surface area contributed by atoms with E-state index in [0.717, 1.165) is 50.5 Å². The van der Waals surface area contributed by atoms with Crippen LogP contribution in [0.1, 0.15) is 37.8 Å². The van der Waals surface area contributed by atoms with Gasteiger partial charge >= 0.3 is 0 Å². The lowest BCUT2D eigenvalue weighted by molar-refractivity contribution is -0.138. The predicted molar refractivity (Wildman–Crippen MR) is 106 cm³/mol. The minimum atomic E-state index is 0.173. The summed E-state index contributed by atoms with van der Waals surface area (Å²) >= 11 is 0. The number of aromatic nitrogens is 4. The molecule has 2 atom stereocenters. The molecule has 28 heavy (non-hydrogen) atoms. The fourth-order valence-electron chi connectivity index (χ4n) is 5.54. The molecule has 3 heterocycles. The molecule has 8 heteroatoms. The van der Waals surface area contributed by atoms with Gasteiger partial charge in [-0.3, -0.25) is 4.79 Å². The van der Waals surface area contributed by atoms with E-state index in [1.54, 1.807) is 4.52 Å². The van der Waals surface area contributed by atoms with Gasteiger partial charge in [-0.05, 0) is 44.4 Å². The summed E-state index contributed by atoms with van der Waals surface area (Å²) in [6, 6.07) is 2.36. The summed E-state index contributed by atoms with van der Waals surface area (Å²) in [4.78, 5) is 26.2. The minimum Gasteiger partial charge on any atom is -0.353 e. The number of amides is 1. The molecule has 150 valence electrons. The highest BCUT2D eigenvalue weighted by molar-refractivity contribution is 5.79. The third-order valence-corrected chi connectivity index (χ3v) is 7.04. The highest BCUT2D eigenvalue weighted by Crippen LogP contribution is 2.42. The summed E-state index contributed by atoms with van der Waals surface area (Å²) in [7, 11) is 0. The maximum absolute atomic E-state index is 13.2. The molecule has 1 amide bonds. The number of anilines is 1. The quantitative estimate of drug-likeness (QED) is 0.839. The van der Waals surface area contributed by atoms with Crippen molar-refractivity contribution in [2.24, 2.45) is 23.5 Å². The second-order valence-corrected chi connectivity index (χ2v) is 8.74. The van der Waals surface area contributed by atoms with E-state index in [0.29, 0.717) is 29.6 Å². The Labute approximate surface area is 165 Å². The molecule has 1 aliphatic heterocycles. The molecule has 2 aromatic heterocycles. The Morgan fingerprint density at radius 3 is 2.57 bits per heavy atom. The van der Waals surface area contributed by atoms with Crippen LogP contribution in [0.2, 0.25) is 0 Å². The van der Waals surface area contributed by atoms with Crippen LogP contribution in [0, 0.1) is 24.7 Å². The molecule has 2 bridgehead atoms. The monoisotopic (exact) mass is 383 g/mol. The molecule has 2 N–H and O–H groups in total. The first-order valence-electron chi connectivity index (χ1n) is 10.6. The molecule has 2 aliphatic carbocycles. The van der Waals surface area contributed by atoms with Crippen LogP contribution in [0.3, 0.4) is 0 Å². The first-order valence-corrected chi connectivity index (χ1v) is 10.6. The van der Waals surface area contributed by atoms with Gasteiger partial charge in [0.15, 0.2) is 0 Å². The van der Waals surface area contributed by atoms with E-state index >= 15 is 0 Å². The van der Waals surface area contributed by atoms with Crippen LogP contribution < -0.4 is 10.6 Å². The van der Waals surface area contributed by atoms with Crippen molar-refractivity contribution in [3.63, 3.8) is 0 Å². The average molecular weight is 384 g/mol. The molecule has 0 radical (unpaired) electrons. The van der Waals surface area contributed by atoms with Crippen LogP contribution in [-0.4, -0.2) is 62.6 Å². The minimum absolute atomic E-state index is 0.173. The first-order chi connectivity index (χ1) is 13.6. The number of hydrogen-bond donors (Lipinski definition) is 1. The highest BCUT2D eigenvalue weighted by Gasteiger charge is 2.42. The molecule has 0 spiro atoms. The summed E-state index contributed by atoms with van der Waals surface area (Å²) in [5.74, 6) is 3.24. The summed E-state index contributed by atoms with van der Waals surface area (Å²) in [5.41, 5.74) is 7.34. The smallest absolute Gasteiger partial charge is 0.254 e. The zero-order valence-corrected chi connectivity index (χ0v) is 16.5. The van der Waals surface area contributed by atoms with Crippen LogP contribution >= 0.6 is 0 Å². The van der Waals surface area contributed by atoms with Gasteiger partial charge < -0.3 is 15.5 Å². The first kappa shape index (κ1) is 17.8. The van der Waals surface area contributed by atoms with Crippen LogP contribution in [0.5, 0.6) is 0 Å². The molecule has 8 nitrogen and oxygen atoms in total. The summed E-state index contributed by atoms with van der Waals surface area (Å²) in [6.07, 6.45) is 7.19. The SMILES string of the molecule is Cc1cc(N2CCN(C(=O)C3CC4CCCC(C3)C4N)CC2)n2ncnc2n1. The normalized spacial score (nSPS) is 30.6. The van der Waals surface area contributed by atoms with Gasteiger partial charge in [-0.2, -0.15) is 14.6 Å². The number of carbonyl (C=O) groups is 1. The number of hydrogen-bond acceptors (Lipinski definition) is 6. The molecule has 2 aromatic rings. The Morgan fingerprint density at radius 1 is 1.14 bits per heavy atom. The predicted octanol–water partition coefficient (Wildman–Crippen LogP) is 1.23. The van der Waals surface area contributed by atoms with Crippen molar-refractivity contribution in [1.82, 2.24) is 24.5 Å². The van der Waals surface area contributed by atoms with E-state index in [9.17, 15) is 4.79 Å². The van der Waals surface area contributed by atoms with Gasteiger partial charge in [0, 0.05) is 49.9 Å². The van der Waals surface area contributed by atoms with Crippen molar-refractivity contribution in [3.05, 3.63) is 18.1 Å². The van der Waals surface area contributed by atoms with Crippen molar-refractivity contribution in [2.75, 3.05) is 31.1 Å². The molecule has 1 saturated heterocycles. The van der Waals surface area contributed by atoms with Crippen molar-refractivity contribution >= 4 is 17.5 Å². The van der Waals surface area contributed by atoms with E-state index in [2.05, 4.69) is 24.9 Å². The molecule has 3 fully saturated rings. The van der Waals surface area contributed by atoms with E-state index in [1.165, 1.54) is 25.6 Å². The number of piperazine rings is 1. The Balaban J connectivity index is 1.26. The number of fused-ring (bicyclic) bond motifs is 3. The van der Waals surface area contributed by atoms with Gasteiger partial charge in [-0.1, -0.05) is 6.42 Å². The lowest BCUT2D eigenvalue weighted by Crippen LogP contribution is -2.54. The maximum atomic E-state index is 13.2. The topological polar surface area (TPSA) is 92.7 Å². The third-order valence-electron chi connectivity index (χ3n) is 7.04. The second-order valence-electron chi connectivity index (χ2n) is 8.74. The van der Waals surface area contributed by atoms with Crippen molar-refractivity contribution in [2.45, 2.75) is 45.1 Å². The van der Waals surface area contributed by atoms with Crippen molar-refractivity contribution < 1.29 is 4.79 Å². The molecule has 2 saturated carbocycles. The fourth-order valence-corrected chi connectivity index (χ4v) is 5.54. The number of rotatable bonds is 2. The molecule has 0 aromatic carbocycles. The van der Waals surface area contributed by atoms with E-state index < -0.39 is 0 Å². The van der Waals surface area contributed by atoms with Crippen LogP contribution in [0.25, 0.3) is 5.78 Å². The lowest BCUT2D eigenvalue weighted by atomic mass is 9.65. The zero-order chi connectivity index (χ0) is 19.3. The largest absolute Gasteiger partial charge is 0.353 e. The van der Waals surface area contributed by atoms with Crippen molar-refractivity contribution in [1.29, 1.82) is 0 Å². The Hall–Kier alpha value is -2.22. The van der Waals surface area contributed by atoms with E-state index in [-0.39, 0.29) is 5.92 Å².